The minimum atomic E-state index is -3.96. The lowest BCUT2D eigenvalue weighted by Crippen LogP contribution is -2.51. The minimum absolute atomic E-state index is 0.158. The van der Waals surface area contributed by atoms with Crippen molar-refractivity contribution in [2.45, 2.75) is 49.5 Å². The monoisotopic (exact) mass is 412 g/mol. The summed E-state index contributed by atoms with van der Waals surface area (Å²) in [6.07, 6.45) is 6.53. The Labute approximate surface area is 164 Å². The average molecular weight is 412 g/mol. The highest BCUT2D eigenvalue weighted by Gasteiger charge is 2.35. The molecule has 1 aromatic carbocycles. The number of carbonyl (C=O) groups is 2. The number of likely N-dealkylation sites (tertiary alicyclic amines) is 1. The number of fused-ring (bicyclic) bond motifs is 1. The van der Waals surface area contributed by atoms with Crippen LogP contribution in [0.2, 0.25) is 0 Å². The molecule has 0 spiro atoms. The van der Waals surface area contributed by atoms with Crippen LogP contribution in [0.15, 0.2) is 29.2 Å². The Bertz CT molecular complexity index is 810. The number of halogens is 1. The van der Waals surface area contributed by atoms with Crippen molar-refractivity contribution in [1.82, 2.24) is 9.62 Å². The van der Waals surface area contributed by atoms with Crippen molar-refractivity contribution in [2.75, 3.05) is 19.7 Å². The third kappa shape index (κ3) is 5.08. The fourth-order valence-corrected chi connectivity index (χ4v) is 5.03. The minimum Gasteiger partial charge on any atom is -0.455 e. The van der Waals surface area contributed by atoms with Crippen LogP contribution in [0.5, 0.6) is 0 Å². The van der Waals surface area contributed by atoms with Gasteiger partial charge in [0.25, 0.3) is 5.91 Å². The highest BCUT2D eigenvalue weighted by Crippen LogP contribution is 2.35. The summed E-state index contributed by atoms with van der Waals surface area (Å²) in [5, 5.41) is 0. The molecule has 28 heavy (non-hydrogen) atoms. The van der Waals surface area contributed by atoms with Gasteiger partial charge >= 0.3 is 5.97 Å². The first-order valence-corrected chi connectivity index (χ1v) is 11.1. The number of piperidine rings is 1. The quantitative estimate of drug-likeness (QED) is 0.720. The summed E-state index contributed by atoms with van der Waals surface area (Å²) in [4.78, 5) is 26.0. The molecule has 9 heteroatoms. The molecule has 1 amide bonds. The summed E-state index contributed by atoms with van der Waals surface area (Å²) < 4.78 is 44.1. The van der Waals surface area contributed by atoms with Crippen LogP contribution in [-0.4, -0.2) is 50.9 Å². The van der Waals surface area contributed by atoms with Crippen LogP contribution in [0, 0.1) is 11.7 Å². The Hall–Kier alpha value is -2.00. The lowest BCUT2D eigenvalue weighted by Gasteiger charge is -2.44. The smallest absolute Gasteiger partial charge is 0.321 e. The summed E-state index contributed by atoms with van der Waals surface area (Å²) in [5.41, 5.74) is 0. The van der Waals surface area contributed by atoms with E-state index in [1.807, 2.05) is 4.90 Å². The summed E-state index contributed by atoms with van der Waals surface area (Å²) >= 11 is 0. The Morgan fingerprint density at radius 1 is 1.11 bits per heavy atom. The van der Waals surface area contributed by atoms with Crippen molar-refractivity contribution >= 4 is 21.9 Å². The Kier molecular flexibility index (Phi) is 6.66. The molecule has 1 saturated heterocycles. The van der Waals surface area contributed by atoms with Crippen molar-refractivity contribution in [3.05, 3.63) is 30.1 Å². The standard InChI is InChI=1S/C19H25FN2O5S/c20-15-7-9-16(10-8-15)28(25,26)21-12-19(24)27-13-18(23)22-11-3-5-14-4-1-2-6-17(14)22/h7-10,14,17,21H,1-6,11-13H2/t14-,17-/m0/s1. The van der Waals surface area contributed by atoms with Crippen LogP contribution in [0.25, 0.3) is 0 Å². The molecule has 1 aliphatic carbocycles. The third-order valence-electron chi connectivity index (χ3n) is 5.45. The number of ether oxygens (including phenoxy) is 1. The van der Waals surface area contributed by atoms with Crippen LogP contribution >= 0.6 is 0 Å². The van der Waals surface area contributed by atoms with E-state index in [-0.39, 0.29) is 23.5 Å². The summed E-state index contributed by atoms with van der Waals surface area (Å²) in [6, 6.07) is 4.46. The zero-order valence-electron chi connectivity index (χ0n) is 15.6. The lowest BCUT2D eigenvalue weighted by atomic mass is 9.78. The van der Waals surface area contributed by atoms with E-state index in [0.717, 1.165) is 56.4 Å². The molecule has 2 aliphatic rings. The van der Waals surface area contributed by atoms with Gasteiger partial charge in [0.2, 0.25) is 10.0 Å². The van der Waals surface area contributed by atoms with Crippen molar-refractivity contribution in [3.63, 3.8) is 0 Å². The van der Waals surface area contributed by atoms with Crippen LogP contribution in [0.4, 0.5) is 4.39 Å². The first-order valence-electron chi connectivity index (χ1n) is 9.57. The number of sulfonamides is 1. The largest absolute Gasteiger partial charge is 0.455 e. The van der Waals surface area contributed by atoms with Crippen molar-refractivity contribution in [1.29, 1.82) is 0 Å². The van der Waals surface area contributed by atoms with Crippen LogP contribution in [0.1, 0.15) is 38.5 Å². The maximum Gasteiger partial charge on any atom is 0.321 e. The molecule has 3 rings (SSSR count). The van der Waals surface area contributed by atoms with E-state index < -0.39 is 28.4 Å². The molecule has 1 N–H and O–H groups in total. The van der Waals surface area contributed by atoms with Gasteiger partial charge in [0.15, 0.2) is 6.61 Å². The zero-order valence-corrected chi connectivity index (χ0v) is 16.4. The lowest BCUT2D eigenvalue weighted by molar-refractivity contribution is -0.154. The molecule has 154 valence electrons. The molecule has 1 heterocycles. The number of rotatable bonds is 6. The molecular formula is C19H25FN2O5S. The maximum absolute atomic E-state index is 12.9. The second-order valence-corrected chi connectivity index (χ2v) is 9.05. The van der Waals surface area contributed by atoms with Crippen molar-refractivity contribution in [3.8, 4) is 0 Å². The molecule has 2 fully saturated rings. The fraction of sp³-hybridized carbons (Fsp3) is 0.579. The van der Waals surface area contributed by atoms with Crippen molar-refractivity contribution < 1.29 is 27.1 Å². The molecule has 1 saturated carbocycles. The highest BCUT2D eigenvalue weighted by atomic mass is 32.2. The SMILES string of the molecule is O=C(CNS(=O)(=O)c1ccc(F)cc1)OCC(=O)N1CCC[C@@H]2CCCC[C@@H]21. The summed E-state index contributed by atoms with van der Waals surface area (Å²) in [7, 11) is -3.96. The second kappa shape index (κ2) is 9.00. The number of esters is 1. The highest BCUT2D eigenvalue weighted by molar-refractivity contribution is 7.89. The predicted octanol–water partition coefficient (Wildman–Crippen LogP) is 1.83. The maximum atomic E-state index is 12.9. The molecule has 2 atom stereocenters. The van der Waals surface area contributed by atoms with Gasteiger partial charge in [-0.15, -0.1) is 0 Å². The van der Waals surface area contributed by atoms with E-state index in [0.29, 0.717) is 12.5 Å². The second-order valence-electron chi connectivity index (χ2n) is 7.28. The van der Waals surface area contributed by atoms with E-state index >= 15 is 0 Å². The van der Waals surface area contributed by atoms with Gasteiger partial charge in [-0.3, -0.25) is 9.59 Å². The molecule has 1 aromatic rings. The van der Waals surface area contributed by atoms with Gasteiger partial charge in [0.1, 0.15) is 12.4 Å². The van der Waals surface area contributed by atoms with E-state index in [4.69, 9.17) is 4.74 Å². The summed E-state index contributed by atoms with van der Waals surface area (Å²) in [6.45, 7) is -0.311. The van der Waals surface area contributed by atoms with E-state index in [1.165, 1.54) is 6.42 Å². The molecule has 7 nitrogen and oxygen atoms in total. The number of nitrogens with zero attached hydrogens (tertiary/aromatic N) is 1. The topological polar surface area (TPSA) is 92.8 Å². The number of hydrogen-bond donors (Lipinski definition) is 1. The van der Waals surface area contributed by atoms with Gasteiger partial charge in [-0.2, -0.15) is 4.72 Å². The number of nitrogens with one attached hydrogen (secondary N) is 1. The van der Waals surface area contributed by atoms with E-state index in [2.05, 4.69) is 4.72 Å². The molecular weight excluding hydrogens is 387 g/mol. The number of amides is 1. The van der Waals surface area contributed by atoms with Gasteiger partial charge in [-0.05, 0) is 55.9 Å². The third-order valence-corrected chi connectivity index (χ3v) is 6.87. The molecule has 0 aromatic heterocycles. The summed E-state index contributed by atoms with van der Waals surface area (Å²) in [5.74, 6) is -1.10. The van der Waals surface area contributed by atoms with Crippen LogP contribution < -0.4 is 4.72 Å². The van der Waals surface area contributed by atoms with E-state index in [1.54, 1.807) is 0 Å². The first-order chi connectivity index (χ1) is 13.4. The molecule has 0 unspecified atom stereocenters. The number of hydrogen-bond acceptors (Lipinski definition) is 5. The Morgan fingerprint density at radius 2 is 1.79 bits per heavy atom. The van der Waals surface area contributed by atoms with Gasteiger partial charge < -0.3 is 9.64 Å². The van der Waals surface area contributed by atoms with Crippen LogP contribution in [-0.2, 0) is 24.3 Å². The Balaban J connectivity index is 1.47. The molecule has 1 aliphatic heterocycles. The average Bonchev–Trinajstić information content (AvgIpc) is 2.70. The van der Waals surface area contributed by atoms with Crippen LogP contribution in [0.3, 0.4) is 0 Å². The predicted molar refractivity (Wildman–Crippen MR) is 99.2 cm³/mol. The fourth-order valence-electron chi connectivity index (χ4n) is 4.06. The Morgan fingerprint density at radius 3 is 2.54 bits per heavy atom. The molecule has 0 bridgehead atoms. The number of carbonyl (C=O) groups excluding carboxylic acids is 2. The molecule has 0 radical (unpaired) electrons. The zero-order chi connectivity index (χ0) is 20.1. The first kappa shape index (κ1) is 20.7. The van der Waals surface area contributed by atoms with Gasteiger partial charge in [-0.25, -0.2) is 12.8 Å². The van der Waals surface area contributed by atoms with Gasteiger partial charge in [-0.1, -0.05) is 12.8 Å². The van der Waals surface area contributed by atoms with Gasteiger partial charge in [0, 0.05) is 12.6 Å². The normalized spacial score (nSPS) is 22.4. The number of benzene rings is 1. The van der Waals surface area contributed by atoms with E-state index in [9.17, 15) is 22.4 Å². The van der Waals surface area contributed by atoms with Gasteiger partial charge in [0.05, 0.1) is 4.90 Å². The van der Waals surface area contributed by atoms with Crippen molar-refractivity contribution in [2.24, 2.45) is 5.92 Å².